The zero-order valence-electron chi connectivity index (χ0n) is 9.64. The van der Waals surface area contributed by atoms with Crippen molar-refractivity contribution in [1.82, 2.24) is 4.72 Å². The number of anilines is 1. The smallest absolute Gasteiger partial charge is 0.411 e. The standard InChI is InChI=1S/C10H13BrN2O4S/c1-17-10(14)13-9-4-2-8(3-5-9)6-12-18(15,16)7-11/h2-5,12H,6-7H2,1H3,(H,13,14). The average Bonchev–Trinajstić information content (AvgIpc) is 2.38. The van der Waals surface area contributed by atoms with Crippen LogP contribution in [0.1, 0.15) is 5.56 Å². The van der Waals surface area contributed by atoms with Crippen LogP contribution >= 0.6 is 15.9 Å². The Morgan fingerprint density at radius 1 is 1.33 bits per heavy atom. The number of amides is 1. The normalized spacial score (nSPS) is 11.0. The topological polar surface area (TPSA) is 84.5 Å². The number of ether oxygens (including phenoxy) is 1. The van der Waals surface area contributed by atoms with Gasteiger partial charge in [0.1, 0.15) is 4.66 Å². The fourth-order valence-corrected chi connectivity index (χ4v) is 2.06. The molecule has 1 aromatic carbocycles. The summed E-state index contributed by atoms with van der Waals surface area (Å²) >= 11 is 2.88. The zero-order chi connectivity index (χ0) is 13.6. The lowest BCUT2D eigenvalue weighted by atomic mass is 10.2. The van der Waals surface area contributed by atoms with Crippen molar-refractivity contribution in [2.45, 2.75) is 6.54 Å². The Morgan fingerprint density at radius 3 is 2.44 bits per heavy atom. The second-order valence-corrected chi connectivity index (χ2v) is 6.47. The molecule has 8 heteroatoms. The molecule has 0 aliphatic rings. The van der Waals surface area contributed by atoms with E-state index in [0.29, 0.717) is 5.69 Å². The van der Waals surface area contributed by atoms with Crippen molar-refractivity contribution < 1.29 is 17.9 Å². The third-order valence-corrected chi connectivity index (χ3v) is 4.71. The molecule has 0 heterocycles. The number of hydrogen-bond acceptors (Lipinski definition) is 4. The Bertz CT molecular complexity index is 501. The summed E-state index contributed by atoms with van der Waals surface area (Å²) in [7, 11) is -2.00. The molecule has 0 aliphatic carbocycles. The van der Waals surface area contributed by atoms with E-state index in [0.717, 1.165) is 5.56 Å². The number of sulfonamides is 1. The van der Waals surface area contributed by atoms with Crippen LogP contribution in [0.4, 0.5) is 10.5 Å². The SMILES string of the molecule is COC(=O)Nc1ccc(CNS(=O)(=O)CBr)cc1. The quantitative estimate of drug-likeness (QED) is 0.800. The highest BCUT2D eigenvalue weighted by Gasteiger charge is 2.07. The van der Waals surface area contributed by atoms with Gasteiger partial charge in [-0.2, -0.15) is 0 Å². The third kappa shape index (κ3) is 5.03. The van der Waals surface area contributed by atoms with Gasteiger partial charge < -0.3 is 4.74 Å². The van der Waals surface area contributed by atoms with Gasteiger partial charge in [0.25, 0.3) is 0 Å². The predicted molar refractivity (Wildman–Crippen MR) is 72.0 cm³/mol. The van der Waals surface area contributed by atoms with Crippen LogP contribution in [0.15, 0.2) is 24.3 Å². The molecule has 0 saturated carbocycles. The van der Waals surface area contributed by atoms with Crippen LogP contribution in [0.3, 0.4) is 0 Å². The van der Waals surface area contributed by atoms with Crippen LogP contribution in [0.25, 0.3) is 0 Å². The largest absolute Gasteiger partial charge is 0.453 e. The minimum atomic E-state index is -3.27. The first kappa shape index (κ1) is 14.9. The second-order valence-electron chi connectivity index (χ2n) is 3.36. The second kappa shape index (κ2) is 6.72. The first-order valence-corrected chi connectivity index (χ1v) is 7.71. The minimum Gasteiger partial charge on any atom is -0.453 e. The summed E-state index contributed by atoms with van der Waals surface area (Å²) in [5.74, 6) is 0. The molecule has 0 atom stereocenters. The fraction of sp³-hybridized carbons (Fsp3) is 0.300. The van der Waals surface area contributed by atoms with Gasteiger partial charge in [0.15, 0.2) is 0 Å². The molecule has 1 amide bonds. The van der Waals surface area contributed by atoms with E-state index in [1.165, 1.54) is 7.11 Å². The number of benzene rings is 1. The van der Waals surface area contributed by atoms with E-state index in [1.807, 2.05) is 0 Å². The van der Waals surface area contributed by atoms with E-state index in [1.54, 1.807) is 24.3 Å². The van der Waals surface area contributed by atoms with Crippen molar-refractivity contribution in [1.29, 1.82) is 0 Å². The van der Waals surface area contributed by atoms with Crippen LogP contribution in [0.2, 0.25) is 0 Å². The fourth-order valence-electron chi connectivity index (χ4n) is 1.11. The lowest BCUT2D eigenvalue weighted by Gasteiger charge is -2.06. The molecule has 0 bridgehead atoms. The number of carbonyl (C=O) groups excluding carboxylic acids is 1. The first-order chi connectivity index (χ1) is 8.46. The highest BCUT2D eigenvalue weighted by Crippen LogP contribution is 2.10. The van der Waals surface area contributed by atoms with Gasteiger partial charge in [-0.3, -0.25) is 5.32 Å². The monoisotopic (exact) mass is 336 g/mol. The van der Waals surface area contributed by atoms with Gasteiger partial charge in [-0.15, -0.1) is 0 Å². The lowest BCUT2D eigenvalue weighted by Crippen LogP contribution is -2.23. The summed E-state index contributed by atoms with van der Waals surface area (Å²) in [6.07, 6.45) is -0.553. The van der Waals surface area contributed by atoms with E-state index >= 15 is 0 Å². The number of methoxy groups -OCH3 is 1. The van der Waals surface area contributed by atoms with Gasteiger partial charge in [0.2, 0.25) is 10.0 Å². The van der Waals surface area contributed by atoms with Crippen molar-refractivity contribution in [3.8, 4) is 0 Å². The number of alkyl halides is 1. The van der Waals surface area contributed by atoms with Gasteiger partial charge in [0.05, 0.1) is 7.11 Å². The van der Waals surface area contributed by atoms with Crippen LogP contribution in [0.5, 0.6) is 0 Å². The van der Waals surface area contributed by atoms with E-state index in [4.69, 9.17) is 0 Å². The van der Waals surface area contributed by atoms with Crippen molar-refractivity contribution in [2.24, 2.45) is 0 Å². The number of hydrogen-bond donors (Lipinski definition) is 2. The van der Waals surface area contributed by atoms with Crippen LogP contribution in [0, 0.1) is 0 Å². The van der Waals surface area contributed by atoms with Crippen LogP contribution < -0.4 is 10.0 Å². The number of rotatable bonds is 5. The van der Waals surface area contributed by atoms with E-state index in [2.05, 4.69) is 30.7 Å². The maximum absolute atomic E-state index is 11.2. The third-order valence-electron chi connectivity index (χ3n) is 2.03. The molecule has 0 saturated heterocycles. The Labute approximate surface area is 114 Å². The van der Waals surface area contributed by atoms with Gasteiger partial charge in [0, 0.05) is 12.2 Å². The first-order valence-electron chi connectivity index (χ1n) is 4.94. The minimum absolute atomic E-state index is 0.137. The number of carbonyl (C=O) groups is 1. The van der Waals surface area contributed by atoms with Crippen LogP contribution in [-0.4, -0.2) is 26.3 Å². The number of halogens is 1. The van der Waals surface area contributed by atoms with E-state index < -0.39 is 16.1 Å². The highest BCUT2D eigenvalue weighted by atomic mass is 79.9. The molecule has 2 N–H and O–H groups in total. The van der Waals surface area contributed by atoms with Crippen molar-refractivity contribution >= 4 is 37.7 Å². The molecule has 18 heavy (non-hydrogen) atoms. The van der Waals surface area contributed by atoms with Crippen molar-refractivity contribution in [3.63, 3.8) is 0 Å². The molecule has 0 fully saturated rings. The summed E-state index contributed by atoms with van der Waals surface area (Å²) in [6.45, 7) is 0.201. The van der Waals surface area contributed by atoms with E-state index in [9.17, 15) is 13.2 Å². The van der Waals surface area contributed by atoms with Crippen molar-refractivity contribution in [3.05, 3.63) is 29.8 Å². The molecule has 6 nitrogen and oxygen atoms in total. The average molecular weight is 337 g/mol. The highest BCUT2D eigenvalue weighted by molar-refractivity contribution is 9.10. The van der Waals surface area contributed by atoms with Crippen LogP contribution in [-0.2, 0) is 21.3 Å². The molecule has 0 radical (unpaired) electrons. The zero-order valence-corrected chi connectivity index (χ0v) is 12.0. The summed E-state index contributed by atoms with van der Waals surface area (Å²) in [5.41, 5.74) is 1.36. The Kier molecular flexibility index (Phi) is 5.57. The molecule has 0 spiro atoms. The molecular formula is C10H13BrN2O4S. The number of nitrogens with one attached hydrogen (secondary N) is 2. The Morgan fingerprint density at radius 2 is 1.94 bits per heavy atom. The predicted octanol–water partition coefficient (Wildman–Crippen LogP) is 1.64. The summed E-state index contributed by atoms with van der Waals surface area (Å²) in [6, 6.07) is 6.74. The van der Waals surface area contributed by atoms with Gasteiger partial charge in [-0.1, -0.05) is 28.1 Å². The maximum atomic E-state index is 11.2. The van der Waals surface area contributed by atoms with Gasteiger partial charge >= 0.3 is 6.09 Å². The molecule has 1 rings (SSSR count). The maximum Gasteiger partial charge on any atom is 0.411 e. The molecule has 0 unspecified atom stereocenters. The van der Waals surface area contributed by atoms with E-state index in [-0.39, 0.29) is 11.2 Å². The molecule has 100 valence electrons. The lowest BCUT2D eigenvalue weighted by molar-refractivity contribution is 0.187. The van der Waals surface area contributed by atoms with Crippen molar-refractivity contribution in [2.75, 3.05) is 17.1 Å². The summed E-state index contributed by atoms with van der Waals surface area (Å²) < 4.78 is 29.1. The molecule has 0 aromatic heterocycles. The summed E-state index contributed by atoms with van der Waals surface area (Å²) in [5, 5.41) is 2.50. The Balaban J connectivity index is 2.58. The van der Waals surface area contributed by atoms with Gasteiger partial charge in [-0.05, 0) is 17.7 Å². The Hall–Kier alpha value is -1.12. The molecular weight excluding hydrogens is 324 g/mol. The van der Waals surface area contributed by atoms with Gasteiger partial charge in [-0.25, -0.2) is 17.9 Å². The summed E-state index contributed by atoms with van der Waals surface area (Å²) in [4.78, 5) is 10.9. The molecule has 1 aromatic rings. The molecule has 0 aliphatic heterocycles.